The largest absolute Gasteiger partial charge is 0.418 e. The first kappa shape index (κ1) is 25.7. The Morgan fingerprint density at radius 3 is 2.65 bits per heavy atom. The van der Waals surface area contributed by atoms with E-state index in [0.717, 1.165) is 49.4 Å². The first-order valence-electron chi connectivity index (χ1n) is 13.2. The predicted octanol–water partition coefficient (Wildman–Crippen LogP) is 6.00. The molecule has 2 fully saturated rings. The Bertz CT molecular complexity index is 1200. The monoisotopic (exact) mass is 512 g/mol. The second-order valence-corrected chi connectivity index (χ2v) is 10.8. The molecule has 5 rings (SSSR count). The van der Waals surface area contributed by atoms with E-state index < -0.39 is 11.7 Å². The maximum absolute atomic E-state index is 14.0. The molecule has 0 spiro atoms. The number of rotatable bonds is 8. The standard InChI is InChI=1S/C28H35F3N6/c1-19-6-5-11-37(16-19)17-20-12-24(28(29,30)31)25(33-14-20)15-32-23-10-4-9-22(13-23)26(21-7-3-8-21)27-35-34-18-36(27)2/h4,9-10,12-14,18-19,21,26,32H,3,5-8,11,15-17H2,1-2H3/t19-,26+/m0/s1. The first-order valence-corrected chi connectivity index (χ1v) is 13.2. The van der Waals surface area contributed by atoms with Gasteiger partial charge in [-0.1, -0.05) is 25.5 Å². The lowest BCUT2D eigenvalue weighted by atomic mass is 9.72. The van der Waals surface area contributed by atoms with Gasteiger partial charge in [-0.05, 0) is 73.4 Å². The van der Waals surface area contributed by atoms with Crippen molar-refractivity contribution in [3.05, 3.63) is 71.1 Å². The van der Waals surface area contributed by atoms with Crippen LogP contribution in [0.1, 0.15) is 73.2 Å². The van der Waals surface area contributed by atoms with Gasteiger partial charge in [0.15, 0.2) is 0 Å². The molecule has 9 heteroatoms. The van der Waals surface area contributed by atoms with Gasteiger partial charge in [-0.3, -0.25) is 9.88 Å². The Balaban J connectivity index is 1.33. The van der Waals surface area contributed by atoms with Crippen LogP contribution in [-0.4, -0.2) is 37.7 Å². The second-order valence-electron chi connectivity index (χ2n) is 10.8. The van der Waals surface area contributed by atoms with Crippen LogP contribution in [0.25, 0.3) is 0 Å². The summed E-state index contributed by atoms with van der Waals surface area (Å²) in [7, 11) is 1.95. The minimum atomic E-state index is -4.46. The molecule has 3 heterocycles. The van der Waals surface area contributed by atoms with Crippen molar-refractivity contribution in [2.24, 2.45) is 18.9 Å². The van der Waals surface area contributed by atoms with Gasteiger partial charge in [0, 0.05) is 37.9 Å². The number of halogens is 3. The van der Waals surface area contributed by atoms with Crippen LogP contribution < -0.4 is 5.32 Å². The Morgan fingerprint density at radius 1 is 1.14 bits per heavy atom. The number of aryl methyl sites for hydroxylation is 1. The minimum Gasteiger partial charge on any atom is -0.379 e. The lowest BCUT2D eigenvalue weighted by molar-refractivity contribution is -0.138. The zero-order valence-corrected chi connectivity index (χ0v) is 21.5. The van der Waals surface area contributed by atoms with Gasteiger partial charge >= 0.3 is 6.18 Å². The fourth-order valence-electron chi connectivity index (χ4n) is 5.70. The summed E-state index contributed by atoms with van der Waals surface area (Å²) in [6, 6.07) is 9.20. The molecule has 0 unspecified atom stereocenters. The second kappa shape index (κ2) is 10.8. The number of anilines is 1. The molecule has 1 aliphatic carbocycles. The SMILES string of the molecule is C[C@H]1CCCN(Cc2cnc(CNc3cccc([C@H](c4nncn4C)C4CCC4)c3)c(C(F)(F)F)c2)C1. The summed E-state index contributed by atoms with van der Waals surface area (Å²) in [5.41, 5.74) is 1.83. The van der Waals surface area contributed by atoms with Crippen molar-refractivity contribution in [2.45, 2.75) is 64.2 Å². The summed E-state index contributed by atoms with van der Waals surface area (Å²) >= 11 is 0. The van der Waals surface area contributed by atoms with E-state index in [2.05, 4.69) is 38.4 Å². The quantitative estimate of drug-likeness (QED) is 0.401. The van der Waals surface area contributed by atoms with Crippen molar-refractivity contribution in [3.8, 4) is 0 Å². The fourth-order valence-corrected chi connectivity index (χ4v) is 5.70. The molecular formula is C28H35F3N6. The van der Waals surface area contributed by atoms with Crippen LogP contribution in [0.3, 0.4) is 0 Å². The van der Waals surface area contributed by atoms with Crippen LogP contribution in [0, 0.1) is 11.8 Å². The van der Waals surface area contributed by atoms with E-state index in [0.29, 0.717) is 23.9 Å². The third kappa shape index (κ3) is 5.98. The van der Waals surface area contributed by atoms with Gasteiger partial charge in [0.25, 0.3) is 0 Å². The number of hydrogen-bond donors (Lipinski definition) is 1. The number of benzene rings is 1. The average molecular weight is 513 g/mol. The lowest BCUT2D eigenvalue weighted by Gasteiger charge is -2.33. The Kier molecular flexibility index (Phi) is 7.51. The van der Waals surface area contributed by atoms with Crippen molar-refractivity contribution in [1.82, 2.24) is 24.6 Å². The molecule has 6 nitrogen and oxygen atoms in total. The molecule has 2 atom stereocenters. The first-order chi connectivity index (χ1) is 17.8. The smallest absolute Gasteiger partial charge is 0.379 e. The van der Waals surface area contributed by atoms with Gasteiger partial charge < -0.3 is 9.88 Å². The molecule has 1 aromatic carbocycles. The molecule has 1 saturated carbocycles. The van der Waals surface area contributed by atoms with Crippen LogP contribution in [0.5, 0.6) is 0 Å². The third-order valence-corrected chi connectivity index (χ3v) is 7.83. The number of likely N-dealkylation sites (tertiary alicyclic amines) is 1. The van der Waals surface area contributed by atoms with Crippen LogP contribution in [0.2, 0.25) is 0 Å². The summed E-state index contributed by atoms with van der Waals surface area (Å²) in [6.45, 7) is 4.52. The van der Waals surface area contributed by atoms with Crippen LogP contribution in [-0.2, 0) is 26.3 Å². The molecule has 2 aromatic heterocycles. The van der Waals surface area contributed by atoms with E-state index >= 15 is 0 Å². The Labute approximate surface area is 216 Å². The predicted molar refractivity (Wildman–Crippen MR) is 137 cm³/mol. The summed E-state index contributed by atoms with van der Waals surface area (Å²) in [5.74, 6) is 2.10. The summed E-state index contributed by atoms with van der Waals surface area (Å²) in [4.78, 5) is 6.50. The summed E-state index contributed by atoms with van der Waals surface area (Å²) in [6.07, 6.45) is 4.58. The number of nitrogens with one attached hydrogen (secondary N) is 1. The van der Waals surface area contributed by atoms with E-state index in [-0.39, 0.29) is 18.2 Å². The van der Waals surface area contributed by atoms with E-state index in [1.807, 2.05) is 29.8 Å². The summed E-state index contributed by atoms with van der Waals surface area (Å²) in [5, 5.41) is 11.6. The highest BCUT2D eigenvalue weighted by molar-refractivity contribution is 5.48. The molecule has 37 heavy (non-hydrogen) atoms. The Morgan fingerprint density at radius 2 is 1.97 bits per heavy atom. The van der Waals surface area contributed by atoms with Crippen molar-refractivity contribution >= 4 is 5.69 Å². The van der Waals surface area contributed by atoms with E-state index in [1.54, 1.807) is 12.5 Å². The molecule has 198 valence electrons. The van der Waals surface area contributed by atoms with Crippen molar-refractivity contribution in [2.75, 3.05) is 18.4 Å². The maximum atomic E-state index is 14.0. The fraction of sp³-hybridized carbons (Fsp3) is 0.536. The molecule has 1 aliphatic heterocycles. The zero-order valence-electron chi connectivity index (χ0n) is 21.5. The highest BCUT2D eigenvalue weighted by atomic mass is 19.4. The molecule has 1 saturated heterocycles. The van der Waals surface area contributed by atoms with Crippen molar-refractivity contribution in [3.63, 3.8) is 0 Å². The van der Waals surface area contributed by atoms with Crippen LogP contribution in [0.4, 0.5) is 18.9 Å². The number of piperidine rings is 1. The van der Waals surface area contributed by atoms with E-state index in [9.17, 15) is 13.2 Å². The molecule has 0 amide bonds. The molecule has 3 aromatic rings. The summed E-state index contributed by atoms with van der Waals surface area (Å²) < 4.78 is 43.9. The van der Waals surface area contributed by atoms with Gasteiger partial charge in [0.05, 0.1) is 17.8 Å². The highest BCUT2D eigenvalue weighted by Gasteiger charge is 2.35. The third-order valence-electron chi connectivity index (χ3n) is 7.83. The molecule has 0 radical (unpaired) electrons. The topological polar surface area (TPSA) is 58.9 Å². The molecule has 2 aliphatic rings. The maximum Gasteiger partial charge on any atom is 0.418 e. The normalized spacial score (nSPS) is 20.0. The number of nitrogens with zero attached hydrogens (tertiary/aromatic N) is 5. The van der Waals surface area contributed by atoms with Gasteiger partial charge in [0.2, 0.25) is 0 Å². The lowest BCUT2D eigenvalue weighted by Crippen LogP contribution is -2.33. The minimum absolute atomic E-state index is 0.00260. The molecule has 1 N–H and O–H groups in total. The molecule has 0 bridgehead atoms. The van der Waals surface area contributed by atoms with Gasteiger partial charge in [-0.25, -0.2) is 0 Å². The number of aromatic nitrogens is 4. The Hall–Kier alpha value is -2.94. The van der Waals surface area contributed by atoms with E-state index in [4.69, 9.17) is 0 Å². The van der Waals surface area contributed by atoms with Crippen LogP contribution in [0.15, 0.2) is 42.9 Å². The highest BCUT2D eigenvalue weighted by Crippen LogP contribution is 2.43. The van der Waals surface area contributed by atoms with Gasteiger partial charge in [0.1, 0.15) is 12.2 Å². The van der Waals surface area contributed by atoms with Crippen molar-refractivity contribution in [1.29, 1.82) is 0 Å². The zero-order chi connectivity index (χ0) is 26.0. The average Bonchev–Trinajstić information content (AvgIpc) is 3.25. The van der Waals surface area contributed by atoms with Crippen molar-refractivity contribution < 1.29 is 13.2 Å². The number of alkyl halides is 3. The van der Waals surface area contributed by atoms with Crippen LogP contribution >= 0.6 is 0 Å². The number of pyridine rings is 1. The number of hydrogen-bond acceptors (Lipinski definition) is 5. The van der Waals surface area contributed by atoms with Gasteiger partial charge in [-0.15, -0.1) is 10.2 Å². The van der Waals surface area contributed by atoms with Gasteiger partial charge in [-0.2, -0.15) is 13.2 Å². The molecular weight excluding hydrogens is 477 g/mol. The van der Waals surface area contributed by atoms with E-state index in [1.165, 1.54) is 18.9 Å².